The van der Waals surface area contributed by atoms with Gasteiger partial charge in [-0.2, -0.15) is 0 Å². The first-order valence-corrected chi connectivity index (χ1v) is 8.76. The van der Waals surface area contributed by atoms with Gasteiger partial charge in [-0.25, -0.2) is 8.42 Å². The van der Waals surface area contributed by atoms with Crippen molar-refractivity contribution in [2.24, 2.45) is 10.9 Å². The summed E-state index contributed by atoms with van der Waals surface area (Å²) in [5.74, 6) is 1.50. The molecule has 8 heteroatoms. The fourth-order valence-electron chi connectivity index (χ4n) is 2.64. The van der Waals surface area contributed by atoms with Crippen LogP contribution in [0.1, 0.15) is 20.3 Å². The van der Waals surface area contributed by atoms with Crippen LogP contribution in [0.3, 0.4) is 0 Å². The molecule has 0 radical (unpaired) electrons. The molecule has 21 heavy (non-hydrogen) atoms. The normalized spacial score (nSPS) is 28.0. The summed E-state index contributed by atoms with van der Waals surface area (Å²) in [5, 5.41) is 3.35. The summed E-state index contributed by atoms with van der Waals surface area (Å²) in [4.78, 5) is 6.32. The average Bonchev–Trinajstić information content (AvgIpc) is 2.87. The van der Waals surface area contributed by atoms with Gasteiger partial charge in [-0.3, -0.25) is 4.99 Å². The minimum atomic E-state index is -3.01. The fraction of sp³-hybridized carbons (Fsp3) is 0.923. The number of guanidine groups is 1. The first kappa shape index (κ1) is 19.0. The molecule has 2 aliphatic rings. The minimum absolute atomic E-state index is 0. The molecule has 0 aromatic heterocycles. The van der Waals surface area contributed by atoms with E-state index in [4.69, 9.17) is 4.74 Å². The van der Waals surface area contributed by atoms with Crippen molar-refractivity contribution in [3.63, 3.8) is 0 Å². The highest BCUT2D eigenvalue weighted by Crippen LogP contribution is 2.23. The van der Waals surface area contributed by atoms with E-state index in [0.29, 0.717) is 19.0 Å². The van der Waals surface area contributed by atoms with Gasteiger partial charge in [0.05, 0.1) is 17.1 Å². The molecule has 0 spiro atoms. The molecular weight excluding hydrogens is 405 g/mol. The predicted octanol–water partition coefficient (Wildman–Crippen LogP) is 0.725. The maximum atomic E-state index is 12.0. The van der Waals surface area contributed by atoms with E-state index in [-0.39, 0.29) is 29.7 Å². The summed E-state index contributed by atoms with van der Waals surface area (Å²) in [7, 11) is -1.27. The van der Waals surface area contributed by atoms with Crippen LogP contribution in [-0.2, 0) is 14.6 Å². The molecule has 0 bridgehead atoms. The highest BCUT2D eigenvalue weighted by atomic mass is 127. The maximum Gasteiger partial charge on any atom is 0.193 e. The van der Waals surface area contributed by atoms with Crippen LogP contribution in [0, 0.1) is 5.92 Å². The second-order valence-corrected chi connectivity index (χ2v) is 8.90. The van der Waals surface area contributed by atoms with Crippen molar-refractivity contribution >= 4 is 39.8 Å². The molecule has 2 fully saturated rings. The number of nitrogens with one attached hydrogen (secondary N) is 1. The Morgan fingerprint density at radius 1 is 1.48 bits per heavy atom. The molecule has 0 saturated carbocycles. The number of aliphatic imine (C=N–C) groups is 1. The summed E-state index contributed by atoms with van der Waals surface area (Å²) < 4.78 is 28.7. The quantitative estimate of drug-likeness (QED) is 0.397. The third-order valence-electron chi connectivity index (χ3n) is 4.13. The van der Waals surface area contributed by atoms with E-state index >= 15 is 0 Å². The minimum Gasteiger partial charge on any atom is -0.381 e. The van der Waals surface area contributed by atoms with Gasteiger partial charge in [-0.05, 0) is 20.3 Å². The Morgan fingerprint density at radius 3 is 2.71 bits per heavy atom. The lowest BCUT2D eigenvalue weighted by atomic mass is 10.1. The summed E-state index contributed by atoms with van der Waals surface area (Å²) in [6.45, 7) is 7.02. The van der Waals surface area contributed by atoms with E-state index in [1.54, 1.807) is 20.9 Å². The molecule has 2 saturated heterocycles. The van der Waals surface area contributed by atoms with Crippen LogP contribution in [-0.4, -0.2) is 69.7 Å². The van der Waals surface area contributed by atoms with Gasteiger partial charge in [-0.1, -0.05) is 0 Å². The van der Waals surface area contributed by atoms with Crippen molar-refractivity contribution in [3.8, 4) is 0 Å². The Hall–Kier alpha value is -0.0900. The number of hydrogen-bond donors (Lipinski definition) is 1. The van der Waals surface area contributed by atoms with Gasteiger partial charge in [0.15, 0.2) is 15.8 Å². The lowest BCUT2D eigenvalue weighted by Crippen LogP contribution is -2.57. The molecule has 0 amide bonds. The Morgan fingerprint density at radius 2 is 2.19 bits per heavy atom. The maximum absolute atomic E-state index is 12.0. The van der Waals surface area contributed by atoms with Crippen LogP contribution < -0.4 is 5.32 Å². The number of halogens is 1. The zero-order valence-electron chi connectivity index (χ0n) is 13.0. The van der Waals surface area contributed by atoms with Gasteiger partial charge in [0.2, 0.25) is 0 Å². The van der Waals surface area contributed by atoms with Gasteiger partial charge in [0.1, 0.15) is 0 Å². The molecule has 1 atom stereocenters. The number of hydrogen-bond acceptors (Lipinski definition) is 4. The second-order valence-electron chi connectivity index (χ2n) is 6.16. The van der Waals surface area contributed by atoms with Crippen LogP contribution in [0.4, 0.5) is 0 Å². The van der Waals surface area contributed by atoms with Gasteiger partial charge >= 0.3 is 0 Å². The number of nitrogens with zero attached hydrogens (tertiary/aromatic N) is 2. The predicted molar refractivity (Wildman–Crippen MR) is 95.1 cm³/mol. The molecule has 2 aliphatic heterocycles. The van der Waals surface area contributed by atoms with E-state index in [9.17, 15) is 8.42 Å². The SMILES string of the molecule is CN=C(NCC1CCOC1)N1CCS(=O)(=O)C(C)(C)C1.I. The lowest BCUT2D eigenvalue weighted by molar-refractivity contribution is 0.186. The van der Waals surface area contributed by atoms with Crippen molar-refractivity contribution in [1.29, 1.82) is 0 Å². The van der Waals surface area contributed by atoms with Crippen molar-refractivity contribution in [3.05, 3.63) is 0 Å². The molecule has 0 aromatic carbocycles. The Bertz CT molecular complexity index is 473. The largest absolute Gasteiger partial charge is 0.381 e. The first-order valence-electron chi connectivity index (χ1n) is 7.11. The van der Waals surface area contributed by atoms with Crippen LogP contribution in [0.15, 0.2) is 4.99 Å². The van der Waals surface area contributed by atoms with Crippen molar-refractivity contribution in [1.82, 2.24) is 10.2 Å². The highest BCUT2D eigenvalue weighted by Gasteiger charge is 2.41. The monoisotopic (exact) mass is 431 g/mol. The van der Waals surface area contributed by atoms with E-state index in [1.165, 1.54) is 0 Å². The Kier molecular flexibility index (Phi) is 6.73. The van der Waals surface area contributed by atoms with Crippen LogP contribution in [0.2, 0.25) is 0 Å². The number of rotatable bonds is 2. The van der Waals surface area contributed by atoms with Crippen LogP contribution in [0.25, 0.3) is 0 Å². The van der Waals surface area contributed by atoms with Crippen LogP contribution in [0.5, 0.6) is 0 Å². The number of ether oxygens (including phenoxy) is 1. The van der Waals surface area contributed by atoms with E-state index < -0.39 is 14.6 Å². The van der Waals surface area contributed by atoms with Gasteiger partial charge in [0, 0.05) is 39.2 Å². The standard InChI is InChI=1S/C13H25N3O3S.HI/c1-13(2)10-16(5-7-20(13,17)18)12(14-3)15-8-11-4-6-19-9-11;/h11H,4-10H2,1-3H3,(H,14,15);1H. The van der Waals surface area contributed by atoms with Gasteiger partial charge in [-0.15, -0.1) is 24.0 Å². The Labute approximate surface area is 144 Å². The van der Waals surface area contributed by atoms with Crippen molar-refractivity contribution in [2.75, 3.05) is 45.6 Å². The summed E-state index contributed by atoms with van der Waals surface area (Å²) in [6, 6.07) is 0. The second kappa shape index (κ2) is 7.45. The lowest BCUT2D eigenvalue weighted by Gasteiger charge is -2.39. The molecule has 1 unspecified atom stereocenters. The molecule has 0 aromatic rings. The molecule has 2 rings (SSSR count). The first-order chi connectivity index (χ1) is 9.36. The zero-order chi connectivity index (χ0) is 14.8. The molecular formula is C13H26IN3O3S. The molecule has 124 valence electrons. The van der Waals surface area contributed by atoms with Gasteiger partial charge < -0.3 is 15.0 Å². The number of sulfone groups is 1. The van der Waals surface area contributed by atoms with Gasteiger partial charge in [0.25, 0.3) is 0 Å². The van der Waals surface area contributed by atoms with Crippen LogP contribution >= 0.6 is 24.0 Å². The van der Waals surface area contributed by atoms with E-state index in [1.807, 2.05) is 4.90 Å². The van der Waals surface area contributed by atoms with E-state index in [2.05, 4.69) is 10.3 Å². The Balaban J connectivity index is 0.00000220. The highest BCUT2D eigenvalue weighted by molar-refractivity contribution is 14.0. The molecule has 1 N–H and O–H groups in total. The molecule has 0 aliphatic carbocycles. The molecule has 2 heterocycles. The summed E-state index contributed by atoms with van der Waals surface area (Å²) in [5.41, 5.74) is 0. The summed E-state index contributed by atoms with van der Waals surface area (Å²) in [6.07, 6.45) is 1.07. The fourth-order valence-corrected chi connectivity index (χ4v) is 4.00. The average molecular weight is 431 g/mol. The third-order valence-corrected chi connectivity index (χ3v) is 6.66. The topological polar surface area (TPSA) is 71.0 Å². The smallest absolute Gasteiger partial charge is 0.193 e. The third kappa shape index (κ3) is 4.44. The van der Waals surface area contributed by atoms with E-state index in [0.717, 1.165) is 32.1 Å². The molecule has 6 nitrogen and oxygen atoms in total. The van der Waals surface area contributed by atoms with Crippen molar-refractivity contribution in [2.45, 2.75) is 25.0 Å². The zero-order valence-corrected chi connectivity index (χ0v) is 16.1. The van der Waals surface area contributed by atoms with Crippen molar-refractivity contribution < 1.29 is 13.2 Å². The summed E-state index contributed by atoms with van der Waals surface area (Å²) >= 11 is 0.